The number of rotatable bonds is 7. The van der Waals surface area contributed by atoms with Crippen molar-refractivity contribution in [3.8, 4) is 5.75 Å². The molecule has 126 valence electrons. The van der Waals surface area contributed by atoms with Crippen LogP contribution in [0.1, 0.15) is 0 Å². The molecule has 0 fully saturated rings. The second-order valence-corrected chi connectivity index (χ2v) is 6.00. The van der Waals surface area contributed by atoms with Crippen molar-refractivity contribution in [2.24, 2.45) is 0 Å². The Balaban J connectivity index is 1.94. The SMILES string of the molecule is C=CCOc1cccc(NCC(=O)Nc2cc(Cl)c(Cl)cc2Cl)c1. The standard InChI is InChI=1S/C17H15Cl3N2O2/c1-2-6-24-12-5-3-4-11(7-12)21-10-17(23)22-16-9-14(19)13(18)8-15(16)20/h2-5,7-9,21H,1,6,10H2,(H,22,23). The van der Waals surface area contributed by atoms with E-state index in [1.54, 1.807) is 12.1 Å². The van der Waals surface area contributed by atoms with Crippen molar-refractivity contribution >= 4 is 52.1 Å². The van der Waals surface area contributed by atoms with E-state index in [9.17, 15) is 4.79 Å². The van der Waals surface area contributed by atoms with Gasteiger partial charge in [-0.05, 0) is 24.3 Å². The fraction of sp³-hybridized carbons (Fsp3) is 0.118. The fourth-order valence-electron chi connectivity index (χ4n) is 1.85. The van der Waals surface area contributed by atoms with Crippen LogP contribution >= 0.6 is 34.8 Å². The molecule has 0 saturated heterocycles. The molecular formula is C17H15Cl3N2O2. The highest BCUT2D eigenvalue weighted by molar-refractivity contribution is 6.44. The minimum atomic E-state index is -0.271. The number of carbonyl (C=O) groups excluding carboxylic acids is 1. The number of amides is 1. The number of hydrogen-bond acceptors (Lipinski definition) is 3. The Kier molecular flexibility index (Phi) is 6.79. The lowest BCUT2D eigenvalue weighted by molar-refractivity contribution is -0.114. The molecule has 0 aliphatic carbocycles. The summed E-state index contributed by atoms with van der Waals surface area (Å²) in [6, 6.07) is 10.3. The Labute approximate surface area is 155 Å². The summed E-state index contributed by atoms with van der Waals surface area (Å²) >= 11 is 17.8. The molecule has 4 nitrogen and oxygen atoms in total. The van der Waals surface area contributed by atoms with Crippen molar-refractivity contribution in [2.45, 2.75) is 0 Å². The smallest absolute Gasteiger partial charge is 0.243 e. The highest BCUT2D eigenvalue weighted by Gasteiger charge is 2.09. The van der Waals surface area contributed by atoms with Crippen molar-refractivity contribution in [3.05, 3.63) is 64.1 Å². The molecule has 0 aromatic heterocycles. The average molecular weight is 386 g/mol. The lowest BCUT2D eigenvalue weighted by Crippen LogP contribution is -2.21. The molecule has 0 aliphatic rings. The summed E-state index contributed by atoms with van der Waals surface area (Å²) in [7, 11) is 0. The number of anilines is 2. The van der Waals surface area contributed by atoms with Crippen LogP contribution < -0.4 is 15.4 Å². The topological polar surface area (TPSA) is 50.4 Å². The number of benzene rings is 2. The van der Waals surface area contributed by atoms with E-state index in [0.717, 1.165) is 5.69 Å². The van der Waals surface area contributed by atoms with E-state index in [2.05, 4.69) is 17.2 Å². The van der Waals surface area contributed by atoms with Gasteiger partial charge in [-0.1, -0.05) is 53.5 Å². The van der Waals surface area contributed by atoms with Gasteiger partial charge in [0.1, 0.15) is 12.4 Å². The molecule has 0 heterocycles. The molecule has 0 aliphatic heterocycles. The second kappa shape index (κ2) is 8.83. The molecule has 0 atom stereocenters. The van der Waals surface area contributed by atoms with E-state index in [0.29, 0.717) is 33.1 Å². The monoisotopic (exact) mass is 384 g/mol. The van der Waals surface area contributed by atoms with Crippen LogP contribution in [0.3, 0.4) is 0 Å². The molecule has 2 aromatic rings. The molecular weight excluding hydrogens is 371 g/mol. The predicted octanol–water partition coefficient (Wildman–Crippen LogP) is 5.26. The molecule has 0 radical (unpaired) electrons. The van der Waals surface area contributed by atoms with Gasteiger partial charge in [0, 0.05) is 11.8 Å². The molecule has 7 heteroatoms. The van der Waals surface area contributed by atoms with Crippen molar-refractivity contribution in [1.29, 1.82) is 0 Å². The number of ether oxygens (including phenoxy) is 1. The van der Waals surface area contributed by atoms with Gasteiger partial charge in [-0.3, -0.25) is 4.79 Å². The first-order valence-electron chi connectivity index (χ1n) is 7.01. The van der Waals surface area contributed by atoms with E-state index in [-0.39, 0.29) is 12.5 Å². The molecule has 0 unspecified atom stereocenters. The third-order valence-corrected chi connectivity index (χ3v) is 3.97. The van der Waals surface area contributed by atoms with E-state index in [4.69, 9.17) is 39.5 Å². The summed E-state index contributed by atoms with van der Waals surface area (Å²) < 4.78 is 5.44. The number of hydrogen-bond donors (Lipinski definition) is 2. The van der Waals surface area contributed by atoms with Crippen LogP contribution in [0.2, 0.25) is 15.1 Å². The summed E-state index contributed by atoms with van der Waals surface area (Å²) in [6.45, 7) is 4.07. The third-order valence-electron chi connectivity index (χ3n) is 2.94. The lowest BCUT2D eigenvalue weighted by Gasteiger charge is -2.11. The highest BCUT2D eigenvalue weighted by Crippen LogP contribution is 2.32. The molecule has 0 bridgehead atoms. The first-order valence-corrected chi connectivity index (χ1v) is 8.15. The second-order valence-electron chi connectivity index (χ2n) is 4.78. The molecule has 2 rings (SSSR count). The van der Waals surface area contributed by atoms with Crippen molar-refractivity contribution in [3.63, 3.8) is 0 Å². The predicted molar refractivity (Wildman–Crippen MR) is 101 cm³/mol. The molecule has 1 amide bonds. The number of nitrogens with one attached hydrogen (secondary N) is 2. The van der Waals surface area contributed by atoms with E-state index in [1.165, 1.54) is 12.1 Å². The van der Waals surface area contributed by atoms with Crippen LogP contribution in [0.5, 0.6) is 5.75 Å². The van der Waals surface area contributed by atoms with Gasteiger partial charge < -0.3 is 15.4 Å². The van der Waals surface area contributed by atoms with Gasteiger partial charge in [0.15, 0.2) is 0 Å². The largest absolute Gasteiger partial charge is 0.489 e. The van der Waals surface area contributed by atoms with Crippen molar-refractivity contribution in [2.75, 3.05) is 23.8 Å². The average Bonchev–Trinajstić information content (AvgIpc) is 2.56. The summed E-state index contributed by atoms with van der Waals surface area (Å²) in [5, 5.41) is 6.64. The van der Waals surface area contributed by atoms with Gasteiger partial charge in [0.05, 0.1) is 27.3 Å². The normalized spacial score (nSPS) is 10.1. The van der Waals surface area contributed by atoms with Gasteiger partial charge >= 0.3 is 0 Å². The van der Waals surface area contributed by atoms with Gasteiger partial charge in [0.2, 0.25) is 5.91 Å². The number of halogens is 3. The summed E-state index contributed by atoms with van der Waals surface area (Å²) in [6.07, 6.45) is 1.66. The maximum Gasteiger partial charge on any atom is 0.243 e. The van der Waals surface area contributed by atoms with E-state index in [1.807, 2.05) is 18.2 Å². The van der Waals surface area contributed by atoms with Gasteiger partial charge in [-0.25, -0.2) is 0 Å². The van der Waals surface area contributed by atoms with Gasteiger partial charge in [-0.2, -0.15) is 0 Å². The van der Waals surface area contributed by atoms with Crippen LogP contribution in [0, 0.1) is 0 Å². The molecule has 0 spiro atoms. The summed E-state index contributed by atoms with van der Waals surface area (Å²) in [5.74, 6) is 0.417. The highest BCUT2D eigenvalue weighted by atomic mass is 35.5. The van der Waals surface area contributed by atoms with Crippen LogP contribution in [0.25, 0.3) is 0 Å². The Bertz CT molecular complexity index is 751. The first kappa shape index (κ1) is 18.5. The van der Waals surface area contributed by atoms with Crippen LogP contribution in [-0.4, -0.2) is 19.1 Å². The maximum atomic E-state index is 12.0. The van der Waals surface area contributed by atoms with Gasteiger partial charge in [0.25, 0.3) is 0 Å². The Morgan fingerprint density at radius 1 is 1.12 bits per heavy atom. The lowest BCUT2D eigenvalue weighted by atomic mass is 10.3. The van der Waals surface area contributed by atoms with Crippen LogP contribution in [-0.2, 0) is 4.79 Å². The zero-order valence-electron chi connectivity index (χ0n) is 12.6. The minimum Gasteiger partial charge on any atom is -0.489 e. The molecule has 0 saturated carbocycles. The van der Waals surface area contributed by atoms with Crippen LogP contribution in [0.15, 0.2) is 49.1 Å². The molecule has 2 aromatic carbocycles. The third kappa shape index (κ3) is 5.34. The quantitative estimate of drug-likeness (QED) is 0.505. The Morgan fingerprint density at radius 2 is 1.88 bits per heavy atom. The molecule has 24 heavy (non-hydrogen) atoms. The Morgan fingerprint density at radius 3 is 2.62 bits per heavy atom. The summed E-state index contributed by atoms with van der Waals surface area (Å²) in [4.78, 5) is 12.0. The Hall–Kier alpha value is -1.88. The molecule has 2 N–H and O–H groups in total. The zero-order valence-corrected chi connectivity index (χ0v) is 14.9. The van der Waals surface area contributed by atoms with Gasteiger partial charge in [-0.15, -0.1) is 0 Å². The zero-order chi connectivity index (χ0) is 17.5. The van der Waals surface area contributed by atoms with Crippen molar-refractivity contribution < 1.29 is 9.53 Å². The first-order chi connectivity index (χ1) is 11.5. The maximum absolute atomic E-state index is 12.0. The summed E-state index contributed by atoms with van der Waals surface area (Å²) in [5.41, 5.74) is 1.16. The fourth-order valence-corrected chi connectivity index (χ4v) is 2.44. The van der Waals surface area contributed by atoms with E-state index < -0.39 is 0 Å². The number of carbonyl (C=O) groups is 1. The van der Waals surface area contributed by atoms with Crippen LogP contribution in [0.4, 0.5) is 11.4 Å². The minimum absolute atomic E-state index is 0.0570. The van der Waals surface area contributed by atoms with Crippen molar-refractivity contribution in [1.82, 2.24) is 0 Å². The van der Waals surface area contributed by atoms with E-state index >= 15 is 0 Å².